The molecule has 2 N–H and O–H groups in total. The van der Waals surface area contributed by atoms with Crippen molar-refractivity contribution in [3.05, 3.63) is 35.6 Å². The van der Waals surface area contributed by atoms with Gasteiger partial charge < -0.3 is 14.9 Å². The number of halogens is 1. The Morgan fingerprint density at radius 1 is 0.900 bits per heavy atom. The number of terminal acetylenes is 2. The molecule has 0 radical (unpaired) electrons. The van der Waals surface area contributed by atoms with Gasteiger partial charge in [-0.25, -0.2) is 14.0 Å². The predicted octanol–water partition coefficient (Wildman–Crippen LogP) is 3.53. The number of hydrogen-bond donors (Lipinski definition) is 2. The lowest BCUT2D eigenvalue weighted by Crippen LogP contribution is -2.26. The second-order valence-electron chi connectivity index (χ2n) is 9.06. The van der Waals surface area contributed by atoms with E-state index < -0.39 is 17.9 Å². The van der Waals surface area contributed by atoms with Crippen LogP contribution < -0.4 is 0 Å². The Kier molecular flexibility index (Phi) is 19.7. The minimum Gasteiger partial charge on any atom is -0.473 e. The fourth-order valence-electron chi connectivity index (χ4n) is 3.81. The number of esters is 1. The standard InChI is InChI=1S/C28H36FNO4.C2H2O4/c1-4-18-30(19-5-2)20-12-11-14-24(28(33)34-3)22-26(32)16-8-6-7-15-25(31)21-23-13-9-10-17-27(23)29;3-1(4)2(5)6/h1-2,9-10,13,17,24H,6-8,11-12,14-16,18-22H2,3H3;(H,3,4)(H,5,6)/t24-;/m1./s1. The van der Waals surface area contributed by atoms with Gasteiger partial charge in [0.1, 0.15) is 17.4 Å². The number of ether oxygens (including phenoxy) is 1. The lowest BCUT2D eigenvalue weighted by molar-refractivity contribution is -0.159. The van der Waals surface area contributed by atoms with E-state index in [2.05, 4.69) is 11.8 Å². The van der Waals surface area contributed by atoms with Gasteiger partial charge in [-0.3, -0.25) is 19.3 Å². The van der Waals surface area contributed by atoms with Crippen LogP contribution in [0.2, 0.25) is 0 Å². The van der Waals surface area contributed by atoms with Gasteiger partial charge in [0.15, 0.2) is 0 Å². The van der Waals surface area contributed by atoms with Crippen LogP contribution in [0.4, 0.5) is 4.39 Å². The summed E-state index contributed by atoms with van der Waals surface area (Å²) in [6.45, 7) is 1.71. The molecule has 0 aliphatic carbocycles. The fraction of sp³-hybridized carbons (Fsp3) is 0.500. The Morgan fingerprint density at radius 3 is 2.00 bits per heavy atom. The van der Waals surface area contributed by atoms with Gasteiger partial charge in [-0.2, -0.15) is 0 Å². The van der Waals surface area contributed by atoms with Gasteiger partial charge in [0.2, 0.25) is 0 Å². The molecule has 1 atom stereocenters. The number of carbonyl (C=O) groups is 5. The van der Waals surface area contributed by atoms with E-state index >= 15 is 0 Å². The zero-order chi connectivity index (χ0) is 30.3. The SMILES string of the molecule is C#CCN(CC#C)CCCC[C@H](CC(=O)CCCCCC(=O)Cc1ccccc1F)C(=O)OC.O=C(O)C(=O)O. The van der Waals surface area contributed by atoms with E-state index in [-0.39, 0.29) is 36.2 Å². The molecule has 0 amide bonds. The third kappa shape index (κ3) is 17.5. The van der Waals surface area contributed by atoms with Crippen molar-refractivity contribution in [3.8, 4) is 24.7 Å². The summed E-state index contributed by atoms with van der Waals surface area (Å²) >= 11 is 0. The zero-order valence-corrected chi connectivity index (χ0v) is 22.9. The molecule has 0 aromatic heterocycles. The van der Waals surface area contributed by atoms with E-state index in [0.717, 1.165) is 25.8 Å². The van der Waals surface area contributed by atoms with Crippen LogP contribution in [0.25, 0.3) is 0 Å². The number of hydrogen-bond acceptors (Lipinski definition) is 7. The quantitative estimate of drug-likeness (QED) is 0.120. The van der Waals surface area contributed by atoms with Crippen LogP contribution >= 0.6 is 0 Å². The summed E-state index contributed by atoms with van der Waals surface area (Å²) < 4.78 is 18.5. The topological polar surface area (TPSA) is 138 Å². The van der Waals surface area contributed by atoms with Crippen LogP contribution in [0.5, 0.6) is 0 Å². The van der Waals surface area contributed by atoms with Crippen molar-refractivity contribution in [1.82, 2.24) is 4.90 Å². The Morgan fingerprint density at radius 2 is 1.48 bits per heavy atom. The largest absolute Gasteiger partial charge is 0.473 e. The average Bonchev–Trinajstić information content (AvgIpc) is 2.91. The Bertz CT molecular complexity index is 1030. The number of carboxylic acid groups (broad SMARTS) is 2. The summed E-state index contributed by atoms with van der Waals surface area (Å²) in [4.78, 5) is 56.7. The summed E-state index contributed by atoms with van der Waals surface area (Å²) in [5.74, 6) is 0.351. The maximum atomic E-state index is 13.6. The summed E-state index contributed by atoms with van der Waals surface area (Å²) in [6, 6.07) is 6.28. The first kappa shape index (κ1) is 36.0. The minimum atomic E-state index is -1.82. The molecule has 9 nitrogen and oxygen atoms in total. The second kappa shape index (κ2) is 21.9. The highest BCUT2D eigenvalue weighted by Crippen LogP contribution is 2.18. The number of rotatable bonds is 18. The number of Topliss-reactive ketones (excluding diaryl/α,β-unsaturated/α-hetero) is 2. The van der Waals surface area contributed by atoms with Crippen molar-refractivity contribution in [1.29, 1.82) is 0 Å². The molecule has 0 spiro atoms. The number of aliphatic carboxylic acids is 2. The number of carbonyl (C=O) groups excluding carboxylic acids is 3. The smallest absolute Gasteiger partial charge is 0.414 e. The lowest BCUT2D eigenvalue weighted by Gasteiger charge is -2.18. The molecule has 0 bridgehead atoms. The third-order valence-corrected chi connectivity index (χ3v) is 5.85. The number of benzene rings is 1. The first-order chi connectivity index (χ1) is 19.0. The minimum absolute atomic E-state index is 0.00904. The van der Waals surface area contributed by atoms with Crippen molar-refractivity contribution in [2.75, 3.05) is 26.7 Å². The molecule has 1 aromatic rings. The first-order valence-electron chi connectivity index (χ1n) is 13.0. The maximum Gasteiger partial charge on any atom is 0.414 e. The van der Waals surface area contributed by atoms with Crippen LogP contribution in [0.1, 0.15) is 63.4 Å². The second-order valence-corrected chi connectivity index (χ2v) is 9.06. The van der Waals surface area contributed by atoms with Crippen LogP contribution in [0.15, 0.2) is 24.3 Å². The highest BCUT2D eigenvalue weighted by molar-refractivity contribution is 6.27. The van der Waals surface area contributed by atoms with Gasteiger partial charge in [-0.1, -0.05) is 42.9 Å². The van der Waals surface area contributed by atoms with Crippen molar-refractivity contribution >= 4 is 29.5 Å². The average molecular weight is 560 g/mol. The van der Waals surface area contributed by atoms with Crippen LogP contribution in [-0.4, -0.2) is 71.3 Å². The monoisotopic (exact) mass is 559 g/mol. The van der Waals surface area contributed by atoms with Crippen LogP contribution in [0, 0.1) is 36.4 Å². The van der Waals surface area contributed by atoms with E-state index in [1.807, 2.05) is 4.90 Å². The molecule has 1 aromatic carbocycles. The van der Waals surface area contributed by atoms with Gasteiger partial charge in [0.05, 0.1) is 26.1 Å². The van der Waals surface area contributed by atoms with Crippen molar-refractivity contribution in [2.24, 2.45) is 5.92 Å². The molecular formula is C30H38FNO8. The molecule has 0 fully saturated rings. The molecule has 1 rings (SSSR count). The van der Waals surface area contributed by atoms with Crippen LogP contribution in [0.3, 0.4) is 0 Å². The first-order valence-corrected chi connectivity index (χ1v) is 13.0. The molecular weight excluding hydrogens is 521 g/mol. The molecule has 0 saturated heterocycles. The van der Waals surface area contributed by atoms with Gasteiger partial charge in [0.25, 0.3) is 0 Å². The molecule has 0 saturated carbocycles. The maximum absolute atomic E-state index is 13.6. The Labute approximate surface area is 235 Å². The van der Waals surface area contributed by atoms with Gasteiger partial charge >= 0.3 is 17.9 Å². The van der Waals surface area contributed by atoms with Crippen molar-refractivity contribution in [2.45, 2.75) is 64.2 Å². The predicted molar refractivity (Wildman–Crippen MR) is 147 cm³/mol. The fourth-order valence-corrected chi connectivity index (χ4v) is 3.81. The Balaban J connectivity index is 0.00000227. The van der Waals surface area contributed by atoms with Gasteiger partial charge in [-0.05, 0) is 37.3 Å². The number of unbranched alkanes of at least 4 members (excludes halogenated alkanes) is 3. The van der Waals surface area contributed by atoms with E-state index in [1.165, 1.54) is 13.2 Å². The lowest BCUT2D eigenvalue weighted by atomic mass is 9.94. The molecule has 218 valence electrons. The molecule has 10 heteroatoms. The van der Waals surface area contributed by atoms with Crippen molar-refractivity contribution in [3.63, 3.8) is 0 Å². The molecule has 0 aliphatic heterocycles. The highest BCUT2D eigenvalue weighted by Gasteiger charge is 2.22. The third-order valence-electron chi connectivity index (χ3n) is 5.85. The summed E-state index contributed by atoms with van der Waals surface area (Å²) in [5.41, 5.74) is 0.413. The number of carboxylic acids is 2. The molecule has 0 heterocycles. The highest BCUT2D eigenvalue weighted by atomic mass is 19.1. The van der Waals surface area contributed by atoms with E-state index in [1.54, 1.807) is 18.2 Å². The molecule has 0 unspecified atom stereocenters. The number of ketones is 2. The van der Waals surface area contributed by atoms with Gasteiger partial charge in [0, 0.05) is 32.2 Å². The summed E-state index contributed by atoms with van der Waals surface area (Å²) in [6.07, 6.45) is 15.9. The number of nitrogens with zero attached hydrogens (tertiary/aromatic N) is 1. The zero-order valence-electron chi connectivity index (χ0n) is 22.9. The van der Waals surface area contributed by atoms with E-state index in [0.29, 0.717) is 50.8 Å². The summed E-state index contributed by atoms with van der Waals surface area (Å²) in [7, 11) is 1.33. The van der Waals surface area contributed by atoms with Crippen molar-refractivity contribution < 1.29 is 43.3 Å². The molecule has 40 heavy (non-hydrogen) atoms. The normalized spacial score (nSPS) is 10.8. The summed E-state index contributed by atoms with van der Waals surface area (Å²) in [5, 5.41) is 14.8. The number of methoxy groups -OCH3 is 1. The molecule has 0 aliphatic rings. The van der Waals surface area contributed by atoms with E-state index in [4.69, 9.17) is 37.4 Å². The van der Waals surface area contributed by atoms with Crippen LogP contribution in [-0.2, 0) is 35.1 Å². The van der Waals surface area contributed by atoms with Gasteiger partial charge in [-0.15, -0.1) is 12.8 Å². The Hall–Kier alpha value is -4.02. The van der Waals surface area contributed by atoms with E-state index in [9.17, 15) is 18.8 Å².